The van der Waals surface area contributed by atoms with Gasteiger partial charge >= 0.3 is 0 Å². The molecule has 2 rings (SSSR count). The number of aliphatic hydroxyl groups is 1. The van der Waals surface area contributed by atoms with Crippen LogP contribution in [0.3, 0.4) is 0 Å². The lowest BCUT2D eigenvalue weighted by Crippen LogP contribution is -2.03. The molecule has 1 aromatic rings. The molecule has 0 saturated carbocycles. The number of benzene rings is 1. The van der Waals surface area contributed by atoms with E-state index in [2.05, 4.69) is 5.32 Å². The van der Waals surface area contributed by atoms with Crippen LogP contribution in [-0.2, 0) is 11.2 Å². The van der Waals surface area contributed by atoms with E-state index in [1.807, 2.05) is 13.0 Å². The summed E-state index contributed by atoms with van der Waals surface area (Å²) in [6.07, 6.45) is 0.376. The van der Waals surface area contributed by atoms with Gasteiger partial charge in [-0.05, 0) is 17.2 Å². The number of anilines is 1. The molecule has 1 aliphatic heterocycles. The second-order valence-corrected chi connectivity index (χ2v) is 4.25. The topological polar surface area (TPSA) is 49.3 Å². The molecule has 4 heteroatoms. The Morgan fingerprint density at radius 3 is 3.00 bits per heavy atom. The van der Waals surface area contributed by atoms with Gasteiger partial charge in [0, 0.05) is 12.5 Å². The van der Waals surface area contributed by atoms with Crippen LogP contribution in [0.25, 0.3) is 0 Å². The molecule has 15 heavy (non-hydrogen) atoms. The molecule has 3 nitrogen and oxygen atoms in total. The Balaban J connectivity index is 2.44. The van der Waals surface area contributed by atoms with E-state index >= 15 is 0 Å². The number of aliphatic hydroxyl groups excluding tert-OH is 1. The molecule has 1 amide bonds. The molecule has 1 aliphatic rings. The fourth-order valence-electron chi connectivity index (χ4n) is 1.71. The van der Waals surface area contributed by atoms with Gasteiger partial charge in [-0.1, -0.05) is 24.6 Å². The number of hydrogen-bond acceptors (Lipinski definition) is 2. The van der Waals surface area contributed by atoms with Crippen LogP contribution < -0.4 is 5.32 Å². The number of carbonyl (C=O) groups excluding carboxylic acids is 1. The van der Waals surface area contributed by atoms with E-state index in [9.17, 15) is 4.79 Å². The quantitative estimate of drug-likeness (QED) is 0.808. The van der Waals surface area contributed by atoms with Gasteiger partial charge in [0.15, 0.2) is 0 Å². The average molecular weight is 226 g/mol. The molecule has 2 N–H and O–H groups in total. The van der Waals surface area contributed by atoms with E-state index < -0.39 is 0 Å². The van der Waals surface area contributed by atoms with E-state index in [0.29, 0.717) is 11.4 Å². The van der Waals surface area contributed by atoms with Crippen LogP contribution in [0, 0.1) is 0 Å². The molecule has 0 bridgehead atoms. The molecule has 1 atom stereocenters. The molecule has 0 aromatic heterocycles. The monoisotopic (exact) mass is 225 g/mol. The lowest BCUT2D eigenvalue weighted by Gasteiger charge is -2.11. The first-order valence-corrected chi connectivity index (χ1v) is 5.22. The summed E-state index contributed by atoms with van der Waals surface area (Å²) in [5.74, 6) is 0.0178. The number of fused-ring (bicyclic) bond motifs is 1. The predicted octanol–water partition coefficient (Wildman–Crippen LogP) is 1.93. The smallest absolute Gasteiger partial charge is 0.228 e. The standard InChI is InChI=1S/C11H12ClNO2/c1-6(5-14)7-2-8-4-10(15)13-11(8)9(12)3-7/h2-3,6,14H,4-5H2,1H3,(H,13,15). The average Bonchev–Trinajstić information content (AvgIpc) is 2.58. The summed E-state index contributed by atoms with van der Waals surface area (Å²) in [6.45, 7) is 2.00. The second-order valence-electron chi connectivity index (χ2n) is 3.85. The third kappa shape index (κ3) is 1.85. The van der Waals surface area contributed by atoms with Gasteiger partial charge < -0.3 is 10.4 Å². The maximum Gasteiger partial charge on any atom is 0.228 e. The Hall–Kier alpha value is -1.06. The highest BCUT2D eigenvalue weighted by Gasteiger charge is 2.21. The highest BCUT2D eigenvalue weighted by molar-refractivity contribution is 6.34. The van der Waals surface area contributed by atoms with Crippen LogP contribution >= 0.6 is 11.6 Å². The number of carbonyl (C=O) groups is 1. The highest BCUT2D eigenvalue weighted by Crippen LogP contribution is 2.34. The fraction of sp³-hybridized carbons (Fsp3) is 0.364. The first-order valence-electron chi connectivity index (χ1n) is 4.85. The van der Waals surface area contributed by atoms with Gasteiger partial charge in [-0.3, -0.25) is 4.79 Å². The Morgan fingerprint density at radius 2 is 2.33 bits per heavy atom. The van der Waals surface area contributed by atoms with E-state index in [1.165, 1.54) is 0 Å². The summed E-state index contributed by atoms with van der Waals surface area (Å²) in [6, 6.07) is 3.73. The third-order valence-corrected chi connectivity index (χ3v) is 2.95. The van der Waals surface area contributed by atoms with Crippen molar-refractivity contribution in [1.29, 1.82) is 0 Å². The minimum atomic E-state index is -0.0271. The van der Waals surface area contributed by atoms with Crippen molar-refractivity contribution < 1.29 is 9.90 Å². The number of nitrogens with one attached hydrogen (secondary N) is 1. The number of halogens is 1. The van der Waals surface area contributed by atoms with Crippen molar-refractivity contribution >= 4 is 23.2 Å². The Morgan fingerprint density at radius 1 is 1.60 bits per heavy atom. The number of amides is 1. The number of hydrogen-bond donors (Lipinski definition) is 2. The van der Waals surface area contributed by atoms with Gasteiger partial charge in [0.2, 0.25) is 5.91 Å². The van der Waals surface area contributed by atoms with E-state index in [-0.39, 0.29) is 18.4 Å². The summed E-state index contributed by atoms with van der Waals surface area (Å²) < 4.78 is 0. The zero-order valence-corrected chi connectivity index (χ0v) is 9.14. The lowest BCUT2D eigenvalue weighted by atomic mass is 9.99. The molecule has 1 aromatic carbocycles. The second kappa shape index (κ2) is 3.83. The largest absolute Gasteiger partial charge is 0.396 e. The van der Waals surface area contributed by atoms with Crippen LogP contribution in [0.2, 0.25) is 5.02 Å². The molecular weight excluding hydrogens is 214 g/mol. The zero-order chi connectivity index (χ0) is 11.0. The summed E-state index contributed by atoms with van der Waals surface area (Å²) in [4.78, 5) is 11.2. The van der Waals surface area contributed by atoms with Crippen molar-refractivity contribution in [2.75, 3.05) is 11.9 Å². The Labute approximate surface area is 93.1 Å². The van der Waals surface area contributed by atoms with Gasteiger partial charge in [0.05, 0.1) is 17.1 Å². The molecule has 0 spiro atoms. The van der Waals surface area contributed by atoms with Crippen molar-refractivity contribution in [3.8, 4) is 0 Å². The van der Waals surface area contributed by atoms with E-state index in [4.69, 9.17) is 16.7 Å². The summed E-state index contributed by atoms with van der Waals surface area (Å²) in [5.41, 5.74) is 2.61. The molecule has 0 aliphatic carbocycles. The highest BCUT2D eigenvalue weighted by atomic mass is 35.5. The molecule has 1 heterocycles. The summed E-state index contributed by atoms with van der Waals surface area (Å²) in [7, 11) is 0. The van der Waals surface area contributed by atoms with Crippen LogP contribution in [0.4, 0.5) is 5.69 Å². The van der Waals surface area contributed by atoms with Gasteiger partial charge in [-0.25, -0.2) is 0 Å². The maximum atomic E-state index is 11.2. The molecular formula is C11H12ClNO2. The molecule has 80 valence electrons. The molecule has 0 fully saturated rings. The minimum absolute atomic E-state index is 0.0271. The van der Waals surface area contributed by atoms with Gasteiger partial charge in [-0.15, -0.1) is 0 Å². The van der Waals surface area contributed by atoms with Crippen molar-refractivity contribution in [3.05, 3.63) is 28.3 Å². The Kier molecular flexibility index (Phi) is 2.67. The third-order valence-electron chi connectivity index (χ3n) is 2.65. The minimum Gasteiger partial charge on any atom is -0.396 e. The van der Waals surface area contributed by atoms with Crippen molar-refractivity contribution in [3.63, 3.8) is 0 Å². The number of rotatable bonds is 2. The summed E-state index contributed by atoms with van der Waals surface area (Å²) in [5, 5.41) is 12.3. The zero-order valence-electron chi connectivity index (χ0n) is 8.38. The normalized spacial score (nSPS) is 16.1. The van der Waals surface area contributed by atoms with E-state index in [0.717, 1.165) is 16.8 Å². The van der Waals surface area contributed by atoms with Gasteiger partial charge in [0.1, 0.15) is 0 Å². The predicted molar refractivity (Wildman–Crippen MR) is 59.3 cm³/mol. The fourth-order valence-corrected chi connectivity index (χ4v) is 2.01. The van der Waals surface area contributed by atoms with Crippen LogP contribution in [-0.4, -0.2) is 17.6 Å². The maximum absolute atomic E-state index is 11.2. The van der Waals surface area contributed by atoms with Crippen molar-refractivity contribution in [1.82, 2.24) is 0 Å². The van der Waals surface area contributed by atoms with Crippen LogP contribution in [0.15, 0.2) is 12.1 Å². The lowest BCUT2D eigenvalue weighted by molar-refractivity contribution is -0.115. The van der Waals surface area contributed by atoms with Crippen molar-refractivity contribution in [2.45, 2.75) is 19.3 Å². The summed E-state index contributed by atoms with van der Waals surface area (Å²) >= 11 is 6.04. The Bertz CT molecular complexity index is 417. The SMILES string of the molecule is CC(CO)c1cc(Cl)c2c(c1)CC(=O)N2. The van der Waals surface area contributed by atoms with Crippen LogP contribution in [0.5, 0.6) is 0 Å². The molecule has 1 unspecified atom stereocenters. The molecule has 0 radical (unpaired) electrons. The first-order chi connectivity index (χ1) is 7.11. The van der Waals surface area contributed by atoms with Gasteiger partial charge in [0.25, 0.3) is 0 Å². The van der Waals surface area contributed by atoms with E-state index in [1.54, 1.807) is 6.07 Å². The first kappa shape index (κ1) is 10.5. The van der Waals surface area contributed by atoms with Crippen molar-refractivity contribution in [2.24, 2.45) is 0 Å². The van der Waals surface area contributed by atoms with Crippen LogP contribution in [0.1, 0.15) is 24.0 Å². The van der Waals surface area contributed by atoms with Gasteiger partial charge in [-0.2, -0.15) is 0 Å². The molecule has 0 saturated heterocycles.